The Balaban J connectivity index is 1.94. The van der Waals surface area contributed by atoms with Gasteiger partial charge in [0.15, 0.2) is 0 Å². The van der Waals surface area contributed by atoms with Crippen molar-refractivity contribution in [2.24, 2.45) is 0 Å². The van der Waals surface area contributed by atoms with Crippen molar-refractivity contribution in [3.63, 3.8) is 0 Å². The summed E-state index contributed by atoms with van der Waals surface area (Å²) in [6.45, 7) is 4.34. The molecule has 16 heavy (non-hydrogen) atoms. The van der Waals surface area contributed by atoms with E-state index >= 15 is 0 Å². The number of piperidine rings is 1. The molecular weight excluding hydrogens is 200 g/mol. The molecule has 1 aliphatic heterocycles. The van der Waals surface area contributed by atoms with Gasteiger partial charge in [0.1, 0.15) is 12.1 Å². The minimum absolute atomic E-state index is 0.512. The van der Waals surface area contributed by atoms with E-state index in [1.165, 1.54) is 12.8 Å². The lowest BCUT2D eigenvalue weighted by Crippen LogP contribution is -2.38. The Kier molecular flexibility index (Phi) is 4.10. The molecule has 4 heteroatoms. The van der Waals surface area contributed by atoms with E-state index in [1.807, 2.05) is 0 Å². The summed E-state index contributed by atoms with van der Waals surface area (Å²) < 4.78 is 0. The van der Waals surface area contributed by atoms with Crippen LogP contribution < -0.4 is 10.6 Å². The normalized spacial score (nSPS) is 20.7. The molecule has 0 bridgehead atoms. The molecule has 0 radical (unpaired) electrons. The molecule has 1 atom stereocenters. The zero-order valence-corrected chi connectivity index (χ0v) is 9.87. The quantitative estimate of drug-likeness (QED) is 0.809. The first kappa shape index (κ1) is 11.3. The summed E-state index contributed by atoms with van der Waals surface area (Å²) in [5, 5.41) is 6.85. The van der Waals surface area contributed by atoms with Crippen LogP contribution in [0.2, 0.25) is 0 Å². The van der Waals surface area contributed by atoms with E-state index in [0.29, 0.717) is 6.04 Å². The Morgan fingerprint density at radius 3 is 3.19 bits per heavy atom. The molecule has 1 aromatic rings. The van der Waals surface area contributed by atoms with Gasteiger partial charge in [-0.05, 0) is 25.8 Å². The van der Waals surface area contributed by atoms with Crippen LogP contribution in [-0.2, 0) is 6.42 Å². The fourth-order valence-electron chi connectivity index (χ4n) is 2.05. The molecule has 4 nitrogen and oxygen atoms in total. The highest BCUT2D eigenvalue weighted by Crippen LogP contribution is 2.11. The Bertz CT molecular complexity index is 321. The van der Waals surface area contributed by atoms with Gasteiger partial charge in [0.05, 0.1) is 0 Å². The van der Waals surface area contributed by atoms with Gasteiger partial charge in [-0.25, -0.2) is 9.97 Å². The molecule has 0 spiro atoms. The zero-order valence-electron chi connectivity index (χ0n) is 9.87. The summed E-state index contributed by atoms with van der Waals surface area (Å²) in [6.07, 6.45) is 6.27. The minimum Gasteiger partial charge on any atom is -0.366 e. The second kappa shape index (κ2) is 5.80. The number of anilines is 1. The highest BCUT2D eigenvalue weighted by Gasteiger charge is 2.12. The van der Waals surface area contributed by atoms with Crippen LogP contribution in [0.15, 0.2) is 12.4 Å². The lowest BCUT2D eigenvalue weighted by molar-refractivity contribution is 0.479. The predicted molar refractivity (Wildman–Crippen MR) is 65.5 cm³/mol. The van der Waals surface area contributed by atoms with E-state index in [4.69, 9.17) is 0 Å². The van der Waals surface area contributed by atoms with Crippen LogP contribution in [-0.4, -0.2) is 29.1 Å². The summed E-state index contributed by atoms with van der Waals surface area (Å²) in [5.41, 5.74) is 1.13. The van der Waals surface area contributed by atoms with Crippen LogP contribution in [0.5, 0.6) is 0 Å². The van der Waals surface area contributed by atoms with Crippen LogP contribution in [0.25, 0.3) is 0 Å². The van der Waals surface area contributed by atoms with Crippen LogP contribution in [0.4, 0.5) is 5.82 Å². The first-order chi connectivity index (χ1) is 7.88. The number of aryl methyl sites for hydroxylation is 1. The number of nitrogens with one attached hydrogen (secondary N) is 2. The summed E-state index contributed by atoms with van der Waals surface area (Å²) in [7, 11) is 0. The Morgan fingerprint density at radius 2 is 2.44 bits per heavy atom. The molecule has 0 aliphatic carbocycles. The topological polar surface area (TPSA) is 49.8 Å². The average Bonchev–Trinajstić information content (AvgIpc) is 2.31. The number of hydrogen-bond acceptors (Lipinski definition) is 4. The second-order valence-corrected chi connectivity index (χ2v) is 4.33. The van der Waals surface area contributed by atoms with Gasteiger partial charge in [0.25, 0.3) is 0 Å². The van der Waals surface area contributed by atoms with Crippen LogP contribution in [0.1, 0.15) is 31.9 Å². The Hall–Kier alpha value is -1.16. The number of hydrogen-bond donors (Lipinski definition) is 2. The molecule has 0 aromatic carbocycles. The highest BCUT2D eigenvalue weighted by molar-refractivity contribution is 5.36. The molecule has 2 N–H and O–H groups in total. The van der Waals surface area contributed by atoms with Crippen molar-refractivity contribution in [1.82, 2.24) is 15.3 Å². The van der Waals surface area contributed by atoms with Crippen LogP contribution in [0, 0.1) is 0 Å². The summed E-state index contributed by atoms with van der Waals surface area (Å²) in [5.74, 6) is 0.965. The van der Waals surface area contributed by atoms with Gasteiger partial charge in [-0.2, -0.15) is 0 Å². The smallest absolute Gasteiger partial charge is 0.129 e. The number of rotatable bonds is 4. The third-order valence-corrected chi connectivity index (χ3v) is 2.88. The van der Waals surface area contributed by atoms with Crippen molar-refractivity contribution >= 4 is 5.82 Å². The van der Waals surface area contributed by atoms with Crippen molar-refractivity contribution < 1.29 is 0 Å². The van der Waals surface area contributed by atoms with Crippen molar-refractivity contribution in [3.8, 4) is 0 Å². The van der Waals surface area contributed by atoms with E-state index in [1.54, 1.807) is 6.33 Å². The molecular formula is C12H20N4. The monoisotopic (exact) mass is 220 g/mol. The molecule has 88 valence electrons. The van der Waals surface area contributed by atoms with Gasteiger partial charge in [0.2, 0.25) is 0 Å². The zero-order chi connectivity index (χ0) is 11.2. The standard InChI is InChI=1S/C12H20N4/c1-2-4-10-7-12(15-9-14-10)16-11-5-3-6-13-8-11/h7,9,11,13H,2-6,8H2,1H3,(H,14,15,16). The van der Waals surface area contributed by atoms with E-state index in [-0.39, 0.29) is 0 Å². The third-order valence-electron chi connectivity index (χ3n) is 2.88. The van der Waals surface area contributed by atoms with Crippen molar-refractivity contribution in [2.45, 2.75) is 38.6 Å². The van der Waals surface area contributed by atoms with Gasteiger partial charge in [-0.15, -0.1) is 0 Å². The van der Waals surface area contributed by atoms with E-state index in [2.05, 4.69) is 33.6 Å². The predicted octanol–water partition coefficient (Wildman–Crippen LogP) is 1.59. The molecule has 1 aliphatic rings. The maximum atomic E-state index is 4.27. The SMILES string of the molecule is CCCc1cc(NC2CCCNC2)ncn1. The summed E-state index contributed by atoms with van der Waals surface area (Å²) >= 11 is 0. The van der Waals surface area contributed by atoms with Gasteiger partial charge in [0, 0.05) is 24.3 Å². The van der Waals surface area contributed by atoms with Crippen LogP contribution >= 0.6 is 0 Å². The van der Waals surface area contributed by atoms with E-state index in [0.717, 1.165) is 37.4 Å². The first-order valence-corrected chi connectivity index (χ1v) is 6.16. The summed E-state index contributed by atoms with van der Waals surface area (Å²) in [4.78, 5) is 8.52. The second-order valence-electron chi connectivity index (χ2n) is 4.33. The van der Waals surface area contributed by atoms with E-state index in [9.17, 15) is 0 Å². The van der Waals surface area contributed by atoms with Gasteiger partial charge >= 0.3 is 0 Å². The third kappa shape index (κ3) is 3.17. The number of aromatic nitrogens is 2. The molecule has 1 aromatic heterocycles. The van der Waals surface area contributed by atoms with Crippen LogP contribution in [0.3, 0.4) is 0 Å². The maximum Gasteiger partial charge on any atom is 0.129 e. The van der Waals surface area contributed by atoms with Crippen molar-refractivity contribution in [3.05, 3.63) is 18.1 Å². The first-order valence-electron chi connectivity index (χ1n) is 6.16. The van der Waals surface area contributed by atoms with Gasteiger partial charge in [-0.3, -0.25) is 0 Å². The molecule has 2 heterocycles. The lowest BCUT2D eigenvalue weighted by Gasteiger charge is -2.24. The lowest BCUT2D eigenvalue weighted by atomic mass is 10.1. The van der Waals surface area contributed by atoms with Crippen molar-refractivity contribution in [1.29, 1.82) is 0 Å². The average molecular weight is 220 g/mol. The molecule has 0 saturated carbocycles. The van der Waals surface area contributed by atoms with Crippen molar-refractivity contribution in [2.75, 3.05) is 18.4 Å². The fraction of sp³-hybridized carbons (Fsp3) is 0.667. The Morgan fingerprint density at radius 1 is 1.50 bits per heavy atom. The summed E-state index contributed by atoms with van der Waals surface area (Å²) in [6, 6.07) is 2.58. The molecule has 1 unspecified atom stereocenters. The molecule has 1 saturated heterocycles. The largest absolute Gasteiger partial charge is 0.366 e. The Labute approximate surface area is 96.9 Å². The van der Waals surface area contributed by atoms with Gasteiger partial charge < -0.3 is 10.6 Å². The highest BCUT2D eigenvalue weighted by atomic mass is 15.1. The fourth-order valence-corrected chi connectivity index (χ4v) is 2.05. The molecule has 0 amide bonds. The maximum absolute atomic E-state index is 4.27. The van der Waals surface area contributed by atoms with Gasteiger partial charge in [-0.1, -0.05) is 13.3 Å². The molecule has 2 rings (SSSR count). The minimum atomic E-state index is 0.512. The molecule has 1 fully saturated rings. The van der Waals surface area contributed by atoms with E-state index < -0.39 is 0 Å². The number of nitrogens with zero attached hydrogens (tertiary/aromatic N) is 2.